The summed E-state index contributed by atoms with van der Waals surface area (Å²) in [6.45, 7) is 0. The average molecular weight is 260 g/mol. The first-order valence-corrected chi connectivity index (χ1v) is 6.65. The number of hydrogen-bond donors (Lipinski definition) is 4. The molecule has 2 heterocycles. The molecule has 0 aliphatic carbocycles. The molecule has 0 radical (unpaired) electrons. The Labute approximate surface area is 103 Å². The van der Waals surface area contributed by atoms with Gasteiger partial charge in [0.15, 0.2) is 0 Å². The zero-order valence-electron chi connectivity index (χ0n) is 9.31. The number of carboxylic acid groups (broad SMARTS) is 1. The maximum absolute atomic E-state index is 11.1. The molecule has 6 nitrogen and oxygen atoms in total. The van der Waals surface area contributed by atoms with Crippen LogP contribution in [0.1, 0.15) is 25.7 Å². The monoisotopic (exact) mass is 260 g/mol. The third kappa shape index (κ3) is 2.66. The Hall–Kier alpha value is -0.950. The smallest absolute Gasteiger partial charge is 0.315 e. The molecule has 3 atom stereocenters. The molecule has 2 aliphatic heterocycles. The lowest BCUT2D eigenvalue weighted by molar-refractivity contribution is -0.137. The molecule has 2 fully saturated rings. The van der Waals surface area contributed by atoms with Gasteiger partial charge in [-0.05, 0) is 19.3 Å². The molecule has 0 aromatic rings. The number of carboxylic acids is 1. The zero-order valence-corrected chi connectivity index (χ0v) is 10.1. The highest BCUT2D eigenvalue weighted by molar-refractivity contribution is 8.00. The van der Waals surface area contributed by atoms with Crippen molar-refractivity contribution in [3.8, 4) is 0 Å². The number of hydrogen-bond acceptors (Lipinski definition) is 4. The molecule has 2 rings (SSSR count). The second-order valence-corrected chi connectivity index (χ2v) is 5.79. The van der Waals surface area contributed by atoms with E-state index in [4.69, 9.17) is 5.11 Å². The summed E-state index contributed by atoms with van der Waals surface area (Å²) in [5.74, 6) is -0.122. The van der Waals surface area contributed by atoms with Gasteiger partial charge in [-0.25, -0.2) is 4.79 Å². The number of aliphatic carboxylic acids is 1. The van der Waals surface area contributed by atoms with Crippen molar-refractivity contribution in [3.05, 3.63) is 0 Å². The van der Waals surface area contributed by atoms with E-state index in [9.17, 15) is 14.7 Å². The van der Waals surface area contributed by atoms with Crippen LogP contribution in [-0.4, -0.2) is 45.0 Å². The summed E-state index contributed by atoms with van der Waals surface area (Å²) in [5.41, 5.74) is 0. The molecule has 0 spiro atoms. The van der Waals surface area contributed by atoms with Gasteiger partial charge in [0.2, 0.25) is 0 Å². The van der Waals surface area contributed by atoms with Crippen LogP contribution in [0.2, 0.25) is 0 Å². The lowest BCUT2D eigenvalue weighted by Gasteiger charge is -2.27. The summed E-state index contributed by atoms with van der Waals surface area (Å²) in [6, 6.07) is -0.508. The number of amides is 2. The van der Waals surface area contributed by atoms with Gasteiger partial charge in [-0.2, -0.15) is 0 Å². The van der Waals surface area contributed by atoms with Crippen molar-refractivity contribution in [2.45, 2.75) is 42.7 Å². The third-order valence-corrected chi connectivity index (χ3v) is 4.66. The summed E-state index contributed by atoms with van der Waals surface area (Å²) >= 11 is 1.43. The minimum Gasteiger partial charge on any atom is -0.481 e. The lowest BCUT2D eigenvalue weighted by Crippen LogP contribution is -2.46. The van der Waals surface area contributed by atoms with Crippen molar-refractivity contribution in [1.29, 1.82) is 0 Å². The van der Waals surface area contributed by atoms with Gasteiger partial charge in [0.05, 0.1) is 12.1 Å². The van der Waals surface area contributed by atoms with Crippen molar-refractivity contribution < 1.29 is 19.8 Å². The summed E-state index contributed by atoms with van der Waals surface area (Å²) < 4.78 is 0. The molecule has 2 amide bonds. The predicted octanol–water partition coefficient (Wildman–Crippen LogP) is 0.117. The van der Waals surface area contributed by atoms with E-state index in [0.717, 1.165) is 0 Å². The van der Waals surface area contributed by atoms with Crippen LogP contribution in [-0.2, 0) is 4.79 Å². The molecule has 4 N–H and O–H groups in total. The van der Waals surface area contributed by atoms with Crippen LogP contribution in [0.4, 0.5) is 4.79 Å². The Kier molecular flexibility index (Phi) is 3.48. The molecule has 0 unspecified atom stereocenters. The van der Waals surface area contributed by atoms with E-state index in [-0.39, 0.29) is 24.5 Å². The average Bonchev–Trinajstić information content (AvgIpc) is 2.75. The molecular weight excluding hydrogens is 244 g/mol. The van der Waals surface area contributed by atoms with Gasteiger partial charge in [0.25, 0.3) is 0 Å². The number of fused-ring (bicyclic) bond motifs is 1. The van der Waals surface area contributed by atoms with Gasteiger partial charge in [0.1, 0.15) is 4.93 Å². The molecule has 2 saturated heterocycles. The van der Waals surface area contributed by atoms with Gasteiger partial charge in [-0.15, -0.1) is 11.8 Å². The Morgan fingerprint density at radius 2 is 2.24 bits per heavy atom. The number of unbranched alkanes of at least 4 members (excludes halogenated alkanes) is 1. The summed E-state index contributed by atoms with van der Waals surface area (Å²) in [6.07, 6.45) is 1.83. The van der Waals surface area contributed by atoms with Crippen molar-refractivity contribution in [1.82, 2.24) is 10.6 Å². The van der Waals surface area contributed by atoms with Gasteiger partial charge in [0, 0.05) is 12.2 Å². The van der Waals surface area contributed by atoms with E-state index < -0.39 is 10.9 Å². The molecular formula is C10H16N2O4S. The predicted molar refractivity (Wildman–Crippen MR) is 62.8 cm³/mol. The number of carbonyl (C=O) groups is 2. The number of urea groups is 1. The Morgan fingerprint density at radius 1 is 1.47 bits per heavy atom. The first-order valence-electron chi connectivity index (χ1n) is 5.66. The molecule has 0 aromatic heterocycles. The number of carbonyl (C=O) groups excluding carboxylic acids is 1. The molecule has 96 valence electrons. The molecule has 0 bridgehead atoms. The fraction of sp³-hybridized carbons (Fsp3) is 0.800. The number of rotatable bonds is 5. The van der Waals surface area contributed by atoms with E-state index in [1.165, 1.54) is 11.8 Å². The lowest BCUT2D eigenvalue weighted by atomic mass is 9.99. The number of nitrogens with one attached hydrogen (secondary N) is 2. The maximum atomic E-state index is 11.1. The van der Waals surface area contributed by atoms with Crippen LogP contribution in [0.25, 0.3) is 0 Å². The fourth-order valence-corrected chi connectivity index (χ4v) is 3.74. The first-order chi connectivity index (χ1) is 8.01. The molecule has 2 aliphatic rings. The van der Waals surface area contributed by atoms with Gasteiger partial charge in [-0.1, -0.05) is 0 Å². The van der Waals surface area contributed by atoms with E-state index >= 15 is 0 Å². The minimum atomic E-state index is -0.956. The van der Waals surface area contributed by atoms with Crippen molar-refractivity contribution >= 4 is 23.8 Å². The number of aliphatic hydroxyl groups is 1. The molecule has 0 saturated carbocycles. The highest BCUT2D eigenvalue weighted by atomic mass is 32.2. The van der Waals surface area contributed by atoms with E-state index in [1.807, 2.05) is 0 Å². The zero-order chi connectivity index (χ0) is 12.5. The van der Waals surface area contributed by atoms with Gasteiger partial charge >= 0.3 is 12.0 Å². The van der Waals surface area contributed by atoms with Crippen molar-refractivity contribution in [3.63, 3.8) is 0 Å². The highest BCUT2D eigenvalue weighted by Crippen LogP contribution is 2.41. The van der Waals surface area contributed by atoms with Crippen LogP contribution in [0, 0.1) is 0 Å². The van der Waals surface area contributed by atoms with Gasteiger partial charge < -0.3 is 20.8 Å². The maximum Gasteiger partial charge on any atom is 0.315 e. The second kappa shape index (κ2) is 4.73. The molecule has 17 heavy (non-hydrogen) atoms. The van der Waals surface area contributed by atoms with Crippen LogP contribution in [0.15, 0.2) is 0 Å². The largest absolute Gasteiger partial charge is 0.481 e. The van der Waals surface area contributed by atoms with E-state index in [0.29, 0.717) is 25.0 Å². The van der Waals surface area contributed by atoms with Crippen LogP contribution < -0.4 is 10.6 Å². The summed E-state index contributed by atoms with van der Waals surface area (Å²) in [7, 11) is 0. The fourth-order valence-electron chi connectivity index (χ4n) is 2.31. The van der Waals surface area contributed by atoms with Crippen molar-refractivity contribution in [2.75, 3.05) is 5.75 Å². The quantitative estimate of drug-likeness (QED) is 0.415. The summed E-state index contributed by atoms with van der Waals surface area (Å²) in [5, 5.41) is 24.4. The minimum absolute atomic E-state index is 0.0167. The van der Waals surface area contributed by atoms with Crippen molar-refractivity contribution in [2.24, 2.45) is 0 Å². The SMILES string of the molecule is O=C(O)CCCC[C@@]1(O)SC[C@@H]2NC(=O)N[C@@H]21. The summed E-state index contributed by atoms with van der Waals surface area (Å²) in [4.78, 5) is 20.6. The van der Waals surface area contributed by atoms with Crippen LogP contribution >= 0.6 is 11.8 Å². The standard InChI is InChI=1S/C10H16N2O4S/c13-7(14)3-1-2-4-10(16)8-6(5-17-10)11-9(15)12-8/h6,8,16H,1-5H2,(H,13,14)(H2,11,12,15)/t6-,8-,10+/m0/s1. The number of thioether (sulfide) groups is 1. The third-order valence-electron chi connectivity index (χ3n) is 3.18. The topological polar surface area (TPSA) is 98.7 Å². The van der Waals surface area contributed by atoms with E-state index in [2.05, 4.69) is 10.6 Å². The first kappa shape index (κ1) is 12.5. The van der Waals surface area contributed by atoms with Crippen LogP contribution in [0.5, 0.6) is 0 Å². The van der Waals surface area contributed by atoms with E-state index in [1.54, 1.807) is 0 Å². The molecule has 0 aromatic carbocycles. The second-order valence-electron chi connectivity index (χ2n) is 4.46. The normalized spacial score (nSPS) is 35.2. The van der Waals surface area contributed by atoms with Gasteiger partial charge in [-0.3, -0.25) is 4.79 Å². The Morgan fingerprint density at radius 3 is 2.94 bits per heavy atom. The molecule has 7 heteroatoms. The Balaban J connectivity index is 1.83. The Bertz CT molecular complexity index is 338. The van der Waals surface area contributed by atoms with Crippen LogP contribution in [0.3, 0.4) is 0 Å². The highest BCUT2D eigenvalue weighted by Gasteiger charge is 2.52.